The molecule has 6 nitrogen and oxygen atoms in total. The highest BCUT2D eigenvalue weighted by atomic mass is 16.2. The number of nitrogens with zero attached hydrogens (tertiary/aromatic N) is 5. The summed E-state index contributed by atoms with van der Waals surface area (Å²) in [5, 5.41) is 0. The molecule has 1 amide bonds. The molecule has 0 bridgehead atoms. The van der Waals surface area contributed by atoms with Crippen molar-refractivity contribution in [1.29, 1.82) is 0 Å². The number of carbonyl (C=O) groups is 1. The fraction of sp³-hybridized carbons (Fsp3) is 0.700. The van der Waals surface area contributed by atoms with Crippen LogP contribution in [0.2, 0.25) is 0 Å². The van der Waals surface area contributed by atoms with Crippen LogP contribution in [0, 0.1) is 0 Å². The van der Waals surface area contributed by atoms with Crippen molar-refractivity contribution in [3.05, 3.63) is 30.1 Å². The van der Waals surface area contributed by atoms with Crippen molar-refractivity contribution < 1.29 is 4.79 Å². The summed E-state index contributed by atoms with van der Waals surface area (Å²) in [5.74, 6) is 0.259. The Hall–Kier alpha value is -1.50. The molecule has 3 rings (SSSR count). The molecule has 6 heteroatoms. The quantitative estimate of drug-likeness (QED) is 0.807. The van der Waals surface area contributed by atoms with Crippen LogP contribution in [0.5, 0.6) is 0 Å². The Bertz CT molecular complexity index is 585. The first kappa shape index (κ1) is 19.3. The first-order valence-electron chi connectivity index (χ1n) is 9.73. The van der Waals surface area contributed by atoms with Gasteiger partial charge in [-0.1, -0.05) is 0 Å². The molecule has 2 aliphatic rings. The molecular weight excluding hydrogens is 326 g/mol. The van der Waals surface area contributed by atoms with Gasteiger partial charge in [0.1, 0.15) is 0 Å². The number of piperidine rings is 1. The molecule has 0 N–H and O–H groups in total. The van der Waals surface area contributed by atoms with E-state index >= 15 is 0 Å². The van der Waals surface area contributed by atoms with Crippen LogP contribution in [0.25, 0.3) is 0 Å². The Morgan fingerprint density at radius 3 is 2.54 bits per heavy atom. The molecule has 0 radical (unpaired) electrons. The molecule has 2 saturated heterocycles. The average Bonchev–Trinajstić information content (AvgIpc) is 2.78. The third kappa shape index (κ3) is 4.61. The Morgan fingerprint density at radius 2 is 1.85 bits per heavy atom. The molecule has 3 heterocycles. The minimum absolute atomic E-state index is 0.155. The maximum Gasteiger partial charge on any atom is 0.236 e. The van der Waals surface area contributed by atoms with Gasteiger partial charge in [-0.2, -0.15) is 0 Å². The van der Waals surface area contributed by atoms with E-state index in [4.69, 9.17) is 0 Å². The van der Waals surface area contributed by atoms with E-state index in [1.165, 1.54) is 5.56 Å². The van der Waals surface area contributed by atoms with Gasteiger partial charge in [0.05, 0.1) is 6.54 Å². The van der Waals surface area contributed by atoms with Gasteiger partial charge in [-0.25, -0.2) is 0 Å². The predicted octanol–water partition coefficient (Wildman–Crippen LogP) is 1.14. The molecule has 1 spiro atoms. The summed E-state index contributed by atoms with van der Waals surface area (Å²) in [6.45, 7) is 6.33. The highest BCUT2D eigenvalue weighted by Crippen LogP contribution is 2.30. The molecule has 0 saturated carbocycles. The Morgan fingerprint density at radius 1 is 1.15 bits per heavy atom. The monoisotopic (exact) mass is 359 g/mol. The van der Waals surface area contributed by atoms with Gasteiger partial charge >= 0.3 is 0 Å². The molecule has 0 atom stereocenters. The fourth-order valence-corrected chi connectivity index (χ4v) is 4.27. The molecule has 2 fully saturated rings. The molecular formula is C20H33N5O. The number of rotatable bonds is 4. The van der Waals surface area contributed by atoms with Crippen molar-refractivity contribution in [2.45, 2.75) is 31.3 Å². The van der Waals surface area contributed by atoms with E-state index in [-0.39, 0.29) is 11.4 Å². The number of aromatic nitrogens is 1. The van der Waals surface area contributed by atoms with Gasteiger partial charge < -0.3 is 9.80 Å². The van der Waals surface area contributed by atoms with Gasteiger partial charge in [-0.3, -0.25) is 19.6 Å². The second-order valence-electron chi connectivity index (χ2n) is 8.15. The maximum absolute atomic E-state index is 13.0. The summed E-state index contributed by atoms with van der Waals surface area (Å²) in [6, 6.07) is 4.02. The first-order chi connectivity index (χ1) is 12.5. The molecule has 144 valence electrons. The maximum atomic E-state index is 13.0. The van der Waals surface area contributed by atoms with E-state index < -0.39 is 0 Å². The van der Waals surface area contributed by atoms with Crippen molar-refractivity contribution in [1.82, 2.24) is 24.6 Å². The molecule has 26 heavy (non-hydrogen) atoms. The number of likely N-dealkylation sites (N-methyl/N-ethyl adjacent to an activating group) is 2. The summed E-state index contributed by atoms with van der Waals surface area (Å²) in [6.07, 6.45) is 6.97. The van der Waals surface area contributed by atoms with Crippen LogP contribution < -0.4 is 0 Å². The number of carbonyl (C=O) groups excluding carboxylic acids is 1. The summed E-state index contributed by atoms with van der Waals surface area (Å²) in [5.41, 5.74) is 1.35. The lowest BCUT2D eigenvalue weighted by molar-refractivity contribution is -0.133. The van der Waals surface area contributed by atoms with E-state index in [0.29, 0.717) is 6.54 Å². The lowest BCUT2D eigenvalue weighted by atomic mass is 9.85. The van der Waals surface area contributed by atoms with E-state index in [0.717, 1.165) is 58.5 Å². The van der Waals surface area contributed by atoms with Crippen LogP contribution in [0.1, 0.15) is 24.8 Å². The summed E-state index contributed by atoms with van der Waals surface area (Å²) >= 11 is 0. The molecule has 1 aromatic heterocycles. The number of hydrogen-bond donors (Lipinski definition) is 0. The molecule has 0 unspecified atom stereocenters. The second-order valence-corrected chi connectivity index (χ2v) is 8.15. The topological polar surface area (TPSA) is 42.9 Å². The molecule has 0 aromatic carbocycles. The predicted molar refractivity (Wildman–Crippen MR) is 104 cm³/mol. The van der Waals surface area contributed by atoms with Crippen LogP contribution in [0.15, 0.2) is 24.5 Å². The molecule has 0 aliphatic carbocycles. The smallest absolute Gasteiger partial charge is 0.236 e. The van der Waals surface area contributed by atoms with Crippen molar-refractivity contribution in [2.75, 3.05) is 60.4 Å². The Balaban J connectivity index is 1.61. The highest BCUT2D eigenvalue weighted by Gasteiger charge is 2.41. The molecule has 2 aliphatic heterocycles. The zero-order valence-electron chi connectivity index (χ0n) is 16.5. The van der Waals surface area contributed by atoms with Crippen LogP contribution >= 0.6 is 0 Å². The zero-order chi connectivity index (χ0) is 18.6. The Labute approximate surface area is 157 Å². The zero-order valence-corrected chi connectivity index (χ0v) is 16.5. The summed E-state index contributed by atoms with van der Waals surface area (Å²) < 4.78 is 0. The standard InChI is InChI=1S/C20H33N5O/c1-22-13-7-20(8-14-22)17-25(12-4-11-24(20)3)19(26)16-23(2)15-18-5-9-21-10-6-18/h5-6,9-10H,4,7-8,11-17H2,1-3H3. The van der Waals surface area contributed by atoms with Gasteiger partial charge in [0.2, 0.25) is 5.91 Å². The number of hydrogen-bond acceptors (Lipinski definition) is 5. The summed E-state index contributed by atoms with van der Waals surface area (Å²) in [7, 11) is 6.46. The van der Waals surface area contributed by atoms with E-state index in [1.807, 2.05) is 19.2 Å². The van der Waals surface area contributed by atoms with Crippen molar-refractivity contribution >= 4 is 5.91 Å². The van der Waals surface area contributed by atoms with Gasteiger partial charge in [-0.05, 0) is 71.2 Å². The second kappa shape index (κ2) is 8.46. The van der Waals surface area contributed by atoms with Crippen LogP contribution in [0.3, 0.4) is 0 Å². The van der Waals surface area contributed by atoms with Gasteiger partial charge in [-0.15, -0.1) is 0 Å². The Kier molecular flexibility index (Phi) is 6.27. The van der Waals surface area contributed by atoms with E-state index in [9.17, 15) is 4.79 Å². The van der Waals surface area contributed by atoms with Gasteiger partial charge in [0.15, 0.2) is 0 Å². The van der Waals surface area contributed by atoms with Crippen molar-refractivity contribution in [3.8, 4) is 0 Å². The van der Waals surface area contributed by atoms with Crippen molar-refractivity contribution in [2.24, 2.45) is 0 Å². The first-order valence-corrected chi connectivity index (χ1v) is 9.73. The van der Waals surface area contributed by atoms with Crippen LogP contribution in [-0.4, -0.2) is 96.4 Å². The molecule has 1 aromatic rings. The lowest BCUT2D eigenvalue weighted by Crippen LogP contribution is -2.58. The minimum atomic E-state index is 0.155. The summed E-state index contributed by atoms with van der Waals surface area (Å²) in [4.78, 5) is 26.2. The lowest BCUT2D eigenvalue weighted by Gasteiger charge is -2.47. The number of likely N-dealkylation sites (tertiary alicyclic amines) is 1. The van der Waals surface area contributed by atoms with Crippen LogP contribution in [-0.2, 0) is 11.3 Å². The third-order valence-corrected chi connectivity index (χ3v) is 6.09. The van der Waals surface area contributed by atoms with Crippen LogP contribution in [0.4, 0.5) is 0 Å². The van der Waals surface area contributed by atoms with Gasteiger partial charge in [0.25, 0.3) is 0 Å². The van der Waals surface area contributed by atoms with E-state index in [2.05, 4.69) is 38.7 Å². The average molecular weight is 360 g/mol. The minimum Gasteiger partial charge on any atom is -0.340 e. The number of pyridine rings is 1. The van der Waals surface area contributed by atoms with Crippen molar-refractivity contribution in [3.63, 3.8) is 0 Å². The largest absolute Gasteiger partial charge is 0.340 e. The normalized spacial score (nSPS) is 21.9. The van der Waals surface area contributed by atoms with E-state index in [1.54, 1.807) is 12.4 Å². The third-order valence-electron chi connectivity index (χ3n) is 6.09. The SMILES string of the molecule is CN1CCC2(CC1)CN(C(=O)CN(C)Cc1ccncc1)CCCN2C. The highest BCUT2D eigenvalue weighted by molar-refractivity contribution is 5.78. The van der Waals surface area contributed by atoms with Gasteiger partial charge in [0, 0.05) is 44.1 Å². The number of amides is 1. The fourth-order valence-electron chi connectivity index (χ4n) is 4.27.